The first-order valence-corrected chi connectivity index (χ1v) is 3.71. The van der Waals surface area contributed by atoms with Crippen LogP contribution in [0.5, 0.6) is 11.5 Å². The van der Waals surface area contributed by atoms with Gasteiger partial charge in [0.15, 0.2) is 11.5 Å². The molecule has 0 saturated heterocycles. The molecule has 2 rings (SSSR count). The number of ether oxygens (including phenoxy) is 2. The van der Waals surface area contributed by atoms with Crippen molar-refractivity contribution in [3.05, 3.63) is 22.7 Å². The summed E-state index contributed by atoms with van der Waals surface area (Å²) < 4.78 is 11.2. The zero-order valence-corrected chi connectivity index (χ0v) is 6.72. The molecular formula is C7H7BrMgO2. The predicted molar refractivity (Wildman–Crippen MR) is 48.8 cm³/mol. The Kier molecular flexibility index (Phi) is 3.03. The van der Waals surface area contributed by atoms with Crippen LogP contribution < -0.4 is 9.47 Å². The molecule has 4 heteroatoms. The summed E-state index contributed by atoms with van der Waals surface area (Å²) in [5.74, 6) is 1.64. The fourth-order valence-electron chi connectivity index (χ4n) is 0.870. The topological polar surface area (TPSA) is 18.5 Å². The molecular weight excluding hydrogens is 220 g/mol. The van der Waals surface area contributed by atoms with Crippen LogP contribution in [0.25, 0.3) is 0 Å². The van der Waals surface area contributed by atoms with Crippen molar-refractivity contribution in [2.45, 2.75) is 0 Å². The van der Waals surface area contributed by atoms with Crippen LogP contribution in [0.15, 0.2) is 22.7 Å². The van der Waals surface area contributed by atoms with Gasteiger partial charge in [0.05, 0.1) is 0 Å². The van der Waals surface area contributed by atoms with Gasteiger partial charge in [-0.05, 0) is 18.2 Å². The van der Waals surface area contributed by atoms with Crippen LogP contribution >= 0.6 is 15.9 Å². The van der Waals surface area contributed by atoms with E-state index in [-0.39, 0.29) is 23.1 Å². The first-order valence-electron chi connectivity index (χ1n) is 2.91. The summed E-state index contributed by atoms with van der Waals surface area (Å²) in [6.45, 7) is 0.339. The monoisotopic (exact) mass is 226 g/mol. The Hall–Kier alpha value is 0.0662. The summed E-state index contributed by atoms with van der Waals surface area (Å²) >= 11 is 3.33. The third-order valence-electron chi connectivity index (χ3n) is 1.33. The maximum Gasteiger partial charge on any atom is 0.316 e. The highest BCUT2D eigenvalue weighted by molar-refractivity contribution is 9.10. The van der Waals surface area contributed by atoms with Gasteiger partial charge in [0.1, 0.15) is 0 Å². The van der Waals surface area contributed by atoms with Gasteiger partial charge in [0.25, 0.3) is 0 Å². The third-order valence-corrected chi connectivity index (χ3v) is 1.83. The summed E-state index contributed by atoms with van der Waals surface area (Å²) in [6, 6.07) is 5.70. The Morgan fingerprint density at radius 1 is 1.18 bits per heavy atom. The minimum absolute atomic E-state index is 0. The Morgan fingerprint density at radius 3 is 2.73 bits per heavy atom. The van der Waals surface area contributed by atoms with Crippen LogP contribution in [0.2, 0.25) is 0 Å². The molecule has 0 saturated carbocycles. The highest BCUT2D eigenvalue weighted by Gasteiger charge is 2.11. The van der Waals surface area contributed by atoms with Gasteiger partial charge in [0, 0.05) is 4.47 Å². The van der Waals surface area contributed by atoms with Gasteiger partial charge in [0.2, 0.25) is 6.79 Å². The van der Waals surface area contributed by atoms with E-state index in [1.165, 1.54) is 0 Å². The third kappa shape index (κ3) is 1.80. The summed E-state index contributed by atoms with van der Waals surface area (Å²) in [5.41, 5.74) is 0. The fourth-order valence-corrected chi connectivity index (χ4v) is 1.21. The largest absolute Gasteiger partial charge is 0.454 e. The highest BCUT2D eigenvalue weighted by atomic mass is 79.9. The van der Waals surface area contributed by atoms with Crippen LogP contribution in [0.3, 0.4) is 0 Å². The van der Waals surface area contributed by atoms with E-state index in [0.717, 1.165) is 16.0 Å². The van der Waals surface area contributed by atoms with Gasteiger partial charge < -0.3 is 9.47 Å². The van der Waals surface area contributed by atoms with Gasteiger partial charge in [-0.2, -0.15) is 0 Å². The molecule has 0 fully saturated rings. The van der Waals surface area contributed by atoms with E-state index in [1.54, 1.807) is 0 Å². The predicted octanol–water partition coefficient (Wildman–Crippen LogP) is 1.26. The summed E-state index contributed by atoms with van der Waals surface area (Å²) in [6.07, 6.45) is 0. The molecule has 1 aliphatic rings. The number of rotatable bonds is 0. The second kappa shape index (κ2) is 3.65. The first kappa shape index (κ1) is 9.16. The second-order valence-electron chi connectivity index (χ2n) is 2.00. The molecule has 1 aromatic rings. The van der Waals surface area contributed by atoms with Crippen molar-refractivity contribution in [3.8, 4) is 11.5 Å². The lowest BCUT2D eigenvalue weighted by Crippen LogP contribution is -1.92. The average molecular weight is 227 g/mol. The molecule has 0 N–H and O–H groups in total. The average Bonchev–Trinajstić information content (AvgIpc) is 2.33. The molecule has 0 aliphatic carbocycles. The molecule has 2 nitrogen and oxygen atoms in total. The molecule has 56 valence electrons. The number of hydrogen-bond acceptors (Lipinski definition) is 2. The van der Waals surface area contributed by atoms with Crippen molar-refractivity contribution in [2.24, 2.45) is 0 Å². The number of hydrogen-bond donors (Lipinski definition) is 0. The van der Waals surface area contributed by atoms with E-state index < -0.39 is 0 Å². The van der Waals surface area contributed by atoms with Crippen molar-refractivity contribution in [1.29, 1.82) is 0 Å². The number of benzene rings is 1. The second-order valence-corrected chi connectivity index (χ2v) is 2.91. The molecule has 11 heavy (non-hydrogen) atoms. The van der Waals surface area contributed by atoms with E-state index in [0.29, 0.717) is 6.79 Å². The number of fused-ring (bicyclic) bond motifs is 1. The van der Waals surface area contributed by atoms with E-state index >= 15 is 0 Å². The molecule has 0 atom stereocenters. The lowest BCUT2D eigenvalue weighted by atomic mass is 10.3. The van der Waals surface area contributed by atoms with E-state index in [9.17, 15) is 0 Å². The molecule has 0 radical (unpaired) electrons. The van der Waals surface area contributed by atoms with Gasteiger partial charge in [-0.25, -0.2) is 0 Å². The molecule has 0 bridgehead atoms. The van der Waals surface area contributed by atoms with Crippen LogP contribution in [0.1, 0.15) is 0 Å². The first-order chi connectivity index (χ1) is 4.86. The number of halogens is 1. The Labute approximate surface area is 89.2 Å². The highest BCUT2D eigenvalue weighted by Crippen LogP contribution is 2.33. The lowest BCUT2D eigenvalue weighted by Gasteiger charge is -1.93. The molecule has 1 heterocycles. The van der Waals surface area contributed by atoms with Crippen molar-refractivity contribution in [1.82, 2.24) is 0 Å². The van der Waals surface area contributed by atoms with Crippen LogP contribution in [-0.2, 0) is 0 Å². The molecule has 0 spiro atoms. The van der Waals surface area contributed by atoms with E-state index in [2.05, 4.69) is 15.9 Å². The quantitative estimate of drug-likeness (QED) is 0.621. The molecule has 0 amide bonds. The van der Waals surface area contributed by atoms with Gasteiger partial charge >= 0.3 is 23.1 Å². The zero-order chi connectivity index (χ0) is 6.97. The minimum atomic E-state index is 0. The lowest BCUT2D eigenvalue weighted by molar-refractivity contribution is 0.174. The van der Waals surface area contributed by atoms with Crippen molar-refractivity contribution < 1.29 is 9.47 Å². The smallest absolute Gasteiger partial charge is 0.316 e. The van der Waals surface area contributed by atoms with Crippen LogP contribution in [0, 0.1) is 0 Å². The molecule has 1 aromatic carbocycles. The van der Waals surface area contributed by atoms with Crippen LogP contribution in [0.4, 0.5) is 0 Å². The standard InChI is InChI=1S/C7H5BrO2.Mg.2H/c8-5-1-2-6-7(3-5)10-4-9-6;;;/h1-3H,4H2;;;. The SMILES string of the molecule is Brc1ccc2c(c1)OCO2.[MgH2]. The zero-order valence-electron chi connectivity index (χ0n) is 5.13. The van der Waals surface area contributed by atoms with Gasteiger partial charge in [-0.3, -0.25) is 0 Å². The summed E-state index contributed by atoms with van der Waals surface area (Å²) in [4.78, 5) is 0. The van der Waals surface area contributed by atoms with Crippen molar-refractivity contribution in [3.63, 3.8) is 0 Å². The Bertz CT molecular complexity index is 265. The van der Waals surface area contributed by atoms with Gasteiger partial charge in [-0.1, -0.05) is 15.9 Å². The van der Waals surface area contributed by atoms with Crippen LogP contribution in [-0.4, -0.2) is 29.8 Å². The Morgan fingerprint density at radius 2 is 1.91 bits per heavy atom. The molecule has 0 unspecified atom stereocenters. The van der Waals surface area contributed by atoms with Crippen molar-refractivity contribution >= 4 is 39.0 Å². The minimum Gasteiger partial charge on any atom is -0.454 e. The molecule has 0 aromatic heterocycles. The van der Waals surface area contributed by atoms with Crippen molar-refractivity contribution in [2.75, 3.05) is 6.79 Å². The fraction of sp³-hybridized carbons (Fsp3) is 0.143. The summed E-state index contributed by atoms with van der Waals surface area (Å²) in [5, 5.41) is 0. The van der Waals surface area contributed by atoms with E-state index in [1.807, 2.05) is 18.2 Å². The molecule has 1 aliphatic heterocycles. The normalized spacial score (nSPS) is 12.5. The Balaban J connectivity index is 0.000000605. The maximum atomic E-state index is 5.13. The maximum absolute atomic E-state index is 5.13. The van der Waals surface area contributed by atoms with E-state index in [4.69, 9.17) is 9.47 Å². The van der Waals surface area contributed by atoms with Gasteiger partial charge in [-0.15, -0.1) is 0 Å². The summed E-state index contributed by atoms with van der Waals surface area (Å²) in [7, 11) is 0.